The first-order valence-corrected chi connectivity index (χ1v) is 13.7. The average molecular weight is 565 g/mol. The van der Waals surface area contributed by atoms with E-state index in [1.165, 1.54) is 6.07 Å². The fourth-order valence-corrected chi connectivity index (χ4v) is 5.27. The zero-order chi connectivity index (χ0) is 29.6. The summed E-state index contributed by atoms with van der Waals surface area (Å²) in [6.45, 7) is 3.62. The van der Waals surface area contributed by atoms with Gasteiger partial charge in [0.15, 0.2) is 0 Å². The molecule has 0 saturated heterocycles. The Morgan fingerprint density at radius 1 is 0.833 bits per heavy atom. The van der Waals surface area contributed by atoms with Gasteiger partial charge in [-0.2, -0.15) is 0 Å². The first-order chi connectivity index (χ1) is 20.3. The Hall–Kier alpha value is -4.95. The summed E-state index contributed by atoms with van der Waals surface area (Å²) in [5, 5.41) is 14.9. The number of hydrogen-bond donors (Lipinski definition) is 3. The van der Waals surface area contributed by atoms with Crippen LogP contribution in [0.5, 0.6) is 0 Å². The number of nitrogens with one attached hydrogen (secondary N) is 2. The quantitative estimate of drug-likeness (QED) is 0.213. The maximum atomic E-state index is 13.5. The van der Waals surface area contributed by atoms with Crippen molar-refractivity contribution in [2.24, 2.45) is 0 Å². The van der Waals surface area contributed by atoms with Gasteiger partial charge in [0, 0.05) is 11.6 Å². The van der Waals surface area contributed by atoms with Gasteiger partial charge in [-0.05, 0) is 59.4 Å². The molecule has 5 rings (SSSR count). The molecule has 0 fully saturated rings. The highest BCUT2D eigenvalue weighted by atomic mass is 16.5. The zero-order valence-electron chi connectivity index (χ0n) is 23.4. The van der Waals surface area contributed by atoms with E-state index in [0.29, 0.717) is 11.3 Å². The molecule has 0 radical (unpaired) electrons. The number of alkyl carbamates (subject to hydrolysis) is 1. The maximum absolute atomic E-state index is 13.5. The number of carbonyl (C=O) groups excluding carboxylic acids is 2. The van der Waals surface area contributed by atoms with Crippen molar-refractivity contribution in [2.45, 2.75) is 38.5 Å². The van der Waals surface area contributed by atoms with E-state index in [1.54, 1.807) is 26.0 Å². The summed E-state index contributed by atoms with van der Waals surface area (Å²) in [4.78, 5) is 38.2. The van der Waals surface area contributed by atoms with E-state index in [-0.39, 0.29) is 24.7 Å². The molecule has 8 heteroatoms. The third-order valence-corrected chi connectivity index (χ3v) is 7.55. The number of hydrogen-bond acceptors (Lipinski definition) is 5. The molecule has 0 aromatic heterocycles. The van der Waals surface area contributed by atoms with Gasteiger partial charge in [0.25, 0.3) is 0 Å². The Balaban J connectivity index is 1.31. The number of carboxylic acids is 1. The number of anilines is 1. The number of rotatable bonds is 10. The number of ether oxygens (including phenoxy) is 2. The number of benzene rings is 4. The first-order valence-electron chi connectivity index (χ1n) is 13.7. The van der Waals surface area contributed by atoms with Crippen LogP contribution in [0.2, 0.25) is 0 Å². The van der Waals surface area contributed by atoms with Crippen LogP contribution in [-0.2, 0) is 20.9 Å². The normalized spacial score (nSPS) is 13.4. The molecule has 0 heterocycles. The van der Waals surface area contributed by atoms with E-state index in [4.69, 9.17) is 9.47 Å². The summed E-state index contributed by atoms with van der Waals surface area (Å²) >= 11 is 0. The minimum Gasteiger partial charge on any atom is -0.478 e. The standard InChI is InChI=1S/C34H32N2O6/c1-21-24(33(38)39)17-10-18-30(21)35-32(37)31(22(2)41-19-23-11-4-3-5-12-23)36-34(40)42-20-29-27-15-8-6-13-25(27)26-14-7-9-16-28(26)29/h3-18,22,29,31H,19-20H2,1-2H3,(H,35,37)(H,36,40)(H,38,39). The minimum absolute atomic E-state index is 0.0715. The lowest BCUT2D eigenvalue weighted by Crippen LogP contribution is -2.51. The third kappa shape index (κ3) is 6.19. The Morgan fingerprint density at radius 3 is 2.10 bits per heavy atom. The van der Waals surface area contributed by atoms with Gasteiger partial charge in [-0.25, -0.2) is 9.59 Å². The van der Waals surface area contributed by atoms with Crippen LogP contribution in [0.4, 0.5) is 10.5 Å². The molecule has 0 bridgehead atoms. The molecular formula is C34H32N2O6. The molecule has 3 N–H and O–H groups in total. The van der Waals surface area contributed by atoms with Gasteiger partial charge in [-0.3, -0.25) is 4.79 Å². The molecule has 2 amide bonds. The molecule has 1 aliphatic carbocycles. The van der Waals surface area contributed by atoms with Crippen LogP contribution in [0.1, 0.15) is 45.5 Å². The van der Waals surface area contributed by atoms with Crippen LogP contribution >= 0.6 is 0 Å². The average Bonchev–Trinajstić information content (AvgIpc) is 3.32. The highest BCUT2D eigenvalue weighted by molar-refractivity contribution is 5.99. The van der Waals surface area contributed by atoms with Crippen LogP contribution in [0.3, 0.4) is 0 Å². The second kappa shape index (κ2) is 12.7. The van der Waals surface area contributed by atoms with Crippen molar-refractivity contribution in [3.05, 3.63) is 125 Å². The van der Waals surface area contributed by atoms with E-state index in [9.17, 15) is 19.5 Å². The molecule has 214 valence electrons. The number of carboxylic acid groups (broad SMARTS) is 1. The molecule has 0 spiro atoms. The highest BCUT2D eigenvalue weighted by Gasteiger charge is 2.32. The predicted molar refractivity (Wildman–Crippen MR) is 159 cm³/mol. The van der Waals surface area contributed by atoms with Crippen LogP contribution in [-0.4, -0.2) is 41.8 Å². The summed E-state index contributed by atoms with van der Waals surface area (Å²) in [7, 11) is 0. The Morgan fingerprint density at radius 2 is 1.45 bits per heavy atom. The topological polar surface area (TPSA) is 114 Å². The minimum atomic E-state index is -1.13. The van der Waals surface area contributed by atoms with Crippen molar-refractivity contribution >= 4 is 23.7 Å². The van der Waals surface area contributed by atoms with Gasteiger partial charge in [0.1, 0.15) is 12.6 Å². The number of aromatic carboxylic acids is 1. The van der Waals surface area contributed by atoms with Gasteiger partial charge < -0.3 is 25.2 Å². The van der Waals surface area contributed by atoms with E-state index in [0.717, 1.165) is 27.8 Å². The Bertz CT molecular complexity index is 1560. The largest absolute Gasteiger partial charge is 0.478 e. The number of amides is 2. The second-order valence-electron chi connectivity index (χ2n) is 10.2. The van der Waals surface area contributed by atoms with Crippen LogP contribution in [0.15, 0.2) is 97.1 Å². The first kappa shape index (κ1) is 28.6. The SMILES string of the molecule is Cc1c(NC(=O)C(NC(=O)OCC2c3ccccc3-c3ccccc32)C(C)OCc2ccccc2)cccc1C(=O)O. The highest BCUT2D eigenvalue weighted by Crippen LogP contribution is 2.44. The molecule has 42 heavy (non-hydrogen) atoms. The predicted octanol–water partition coefficient (Wildman–Crippen LogP) is 6.14. The van der Waals surface area contributed by atoms with Gasteiger partial charge in [0.05, 0.1) is 18.3 Å². The fraction of sp³-hybridized carbons (Fsp3) is 0.206. The van der Waals surface area contributed by atoms with Gasteiger partial charge in [-0.15, -0.1) is 0 Å². The maximum Gasteiger partial charge on any atom is 0.407 e. The number of carbonyl (C=O) groups is 3. The van der Waals surface area contributed by atoms with E-state index in [1.807, 2.05) is 66.7 Å². The smallest absolute Gasteiger partial charge is 0.407 e. The number of fused-ring (bicyclic) bond motifs is 3. The van der Waals surface area contributed by atoms with Gasteiger partial charge in [0.2, 0.25) is 5.91 Å². The van der Waals surface area contributed by atoms with E-state index < -0.39 is 30.1 Å². The molecule has 8 nitrogen and oxygen atoms in total. The van der Waals surface area contributed by atoms with Gasteiger partial charge in [-0.1, -0.05) is 84.9 Å². The Kier molecular flexibility index (Phi) is 8.64. The lowest BCUT2D eigenvalue weighted by atomic mass is 9.98. The summed E-state index contributed by atoms with van der Waals surface area (Å²) in [5.74, 6) is -1.80. The lowest BCUT2D eigenvalue weighted by Gasteiger charge is -2.25. The van der Waals surface area contributed by atoms with Gasteiger partial charge >= 0.3 is 12.1 Å². The van der Waals surface area contributed by atoms with Crippen LogP contribution in [0, 0.1) is 6.92 Å². The van der Waals surface area contributed by atoms with Crippen molar-refractivity contribution in [1.82, 2.24) is 5.32 Å². The molecule has 0 saturated carbocycles. The summed E-state index contributed by atoms with van der Waals surface area (Å²) < 4.78 is 11.7. The molecular weight excluding hydrogens is 532 g/mol. The summed E-state index contributed by atoms with van der Waals surface area (Å²) in [5.41, 5.74) is 6.09. The molecule has 2 atom stereocenters. The fourth-order valence-electron chi connectivity index (χ4n) is 5.27. The van der Waals surface area contributed by atoms with E-state index >= 15 is 0 Å². The van der Waals surface area contributed by atoms with Crippen molar-refractivity contribution in [1.29, 1.82) is 0 Å². The third-order valence-electron chi connectivity index (χ3n) is 7.55. The summed E-state index contributed by atoms with van der Waals surface area (Å²) in [6.07, 6.45) is -1.50. The zero-order valence-corrected chi connectivity index (χ0v) is 23.4. The van der Waals surface area contributed by atoms with Crippen LogP contribution in [0.25, 0.3) is 11.1 Å². The van der Waals surface area contributed by atoms with Crippen molar-refractivity contribution < 1.29 is 29.0 Å². The van der Waals surface area contributed by atoms with Crippen molar-refractivity contribution in [2.75, 3.05) is 11.9 Å². The Labute approximate surface area is 244 Å². The van der Waals surface area contributed by atoms with Crippen molar-refractivity contribution in [3.8, 4) is 11.1 Å². The van der Waals surface area contributed by atoms with Crippen molar-refractivity contribution in [3.63, 3.8) is 0 Å². The monoisotopic (exact) mass is 564 g/mol. The van der Waals surface area contributed by atoms with E-state index in [2.05, 4.69) is 22.8 Å². The molecule has 2 unspecified atom stereocenters. The summed E-state index contributed by atoms with van der Waals surface area (Å²) in [6, 6.07) is 29.1. The lowest BCUT2D eigenvalue weighted by molar-refractivity contribution is -0.122. The molecule has 0 aliphatic heterocycles. The molecule has 1 aliphatic rings. The molecule has 4 aromatic rings. The molecule has 4 aromatic carbocycles. The second-order valence-corrected chi connectivity index (χ2v) is 10.2. The van der Waals surface area contributed by atoms with Crippen LogP contribution < -0.4 is 10.6 Å².